The molecule has 2 rings (SSSR count). The van der Waals surface area contributed by atoms with Gasteiger partial charge in [0.05, 0.1) is 17.6 Å². The fourth-order valence-corrected chi connectivity index (χ4v) is 1.98. The number of rotatable bonds is 3. The van der Waals surface area contributed by atoms with Crippen LogP contribution in [0, 0.1) is 0 Å². The number of hydrogen-bond donors (Lipinski definition) is 1. The van der Waals surface area contributed by atoms with Gasteiger partial charge < -0.3 is 6.53 Å². The number of benzene rings is 1. The van der Waals surface area contributed by atoms with Crippen molar-refractivity contribution in [1.82, 2.24) is 9.78 Å². The van der Waals surface area contributed by atoms with Crippen molar-refractivity contribution in [1.29, 1.82) is 0 Å². The average Bonchev–Trinajstić information content (AvgIpc) is 2.39. The summed E-state index contributed by atoms with van der Waals surface area (Å²) in [6.45, 7) is 1.77. The van der Waals surface area contributed by atoms with Crippen molar-refractivity contribution in [2.45, 2.75) is 13.3 Å². The molecule has 100 valence electrons. The maximum atomic E-state index is 11.6. The van der Waals surface area contributed by atoms with Crippen LogP contribution in [-0.2, 0) is 6.42 Å². The number of aromatic nitrogens is 2. The molecule has 1 heterocycles. The molecule has 1 aromatic carbocycles. The molecule has 1 N–H and O–H groups in total. The topological polar surface area (TPSA) is 72.2 Å². The Kier molecular flexibility index (Phi) is 6.57. The molecule has 7 heteroatoms. The summed E-state index contributed by atoms with van der Waals surface area (Å²) < 4.78 is 1.45. The Morgan fingerprint density at radius 1 is 1.40 bits per heavy atom. The minimum Gasteiger partial charge on any atom is -1.00 e. The first-order valence-electron chi connectivity index (χ1n) is 5.65. The van der Waals surface area contributed by atoms with Crippen LogP contribution in [0.1, 0.15) is 24.4 Å². The molecule has 20 heavy (non-hydrogen) atoms. The molecule has 0 saturated heterocycles. The third-order valence-electron chi connectivity index (χ3n) is 2.70. The zero-order chi connectivity index (χ0) is 14.0. The Morgan fingerprint density at radius 2 is 2.00 bits per heavy atom. The van der Waals surface area contributed by atoms with Crippen LogP contribution in [0.3, 0.4) is 0 Å². The van der Waals surface area contributed by atoms with Crippen LogP contribution < -0.4 is 56.8 Å². The molecule has 0 aliphatic carbocycles. The van der Waals surface area contributed by atoms with Gasteiger partial charge in [-0.05, 0) is 30.7 Å². The monoisotopic (exact) mass is 318 g/mol. The summed E-state index contributed by atoms with van der Waals surface area (Å²) in [5.41, 5.74) is 0.188. The van der Waals surface area contributed by atoms with Gasteiger partial charge in [-0.2, -0.15) is 5.10 Å². The summed E-state index contributed by atoms with van der Waals surface area (Å²) in [4.78, 5) is 22.8. The maximum absolute atomic E-state index is 11.6. The van der Waals surface area contributed by atoms with Gasteiger partial charge in [-0.3, -0.25) is 4.79 Å². The zero-order valence-electron chi connectivity index (χ0n) is 12.1. The largest absolute Gasteiger partial charge is 1.00 e. The van der Waals surface area contributed by atoms with E-state index in [1.807, 2.05) is 0 Å². The minimum absolute atomic E-state index is 0. The quantitative estimate of drug-likeness (QED) is 0.757. The Bertz CT molecular complexity index is 689. The van der Waals surface area contributed by atoms with Gasteiger partial charge in [0.25, 0.3) is 0 Å². The van der Waals surface area contributed by atoms with Crippen molar-refractivity contribution < 1.29 is 62.7 Å². The third-order valence-corrected chi connectivity index (χ3v) is 2.95. The Labute approximate surface area is 164 Å². The van der Waals surface area contributed by atoms with Crippen molar-refractivity contribution in [2.75, 3.05) is 0 Å². The second-order valence-corrected chi connectivity index (χ2v) is 4.31. The molecule has 0 fully saturated rings. The molecule has 0 atom stereocenters. The molecular formula is C13H12ClKN2O3. The van der Waals surface area contributed by atoms with Crippen LogP contribution in [-0.4, -0.2) is 20.9 Å². The second kappa shape index (κ2) is 7.49. The van der Waals surface area contributed by atoms with E-state index in [-0.39, 0.29) is 58.4 Å². The predicted octanol–water partition coefficient (Wildman–Crippen LogP) is -0.737. The fraction of sp³-hybridized carbons (Fsp3) is 0.154. The summed E-state index contributed by atoms with van der Waals surface area (Å²) >= 11 is 5.81. The summed E-state index contributed by atoms with van der Waals surface area (Å²) in [5.74, 6) is -1.24. The van der Waals surface area contributed by atoms with Gasteiger partial charge in [0, 0.05) is 5.02 Å². The summed E-state index contributed by atoms with van der Waals surface area (Å²) in [5, 5.41) is 13.7. The number of hydrogen-bond acceptors (Lipinski definition) is 3. The summed E-state index contributed by atoms with van der Waals surface area (Å²) in [7, 11) is 0. The van der Waals surface area contributed by atoms with E-state index in [9.17, 15) is 9.59 Å². The smallest absolute Gasteiger partial charge is 1.00 e. The van der Waals surface area contributed by atoms with Gasteiger partial charge in [0.2, 0.25) is 5.43 Å². The molecule has 0 aliphatic rings. The molecular weight excluding hydrogens is 307 g/mol. The van der Waals surface area contributed by atoms with Crippen LogP contribution in [0.5, 0.6) is 0 Å². The van der Waals surface area contributed by atoms with Gasteiger partial charge in [-0.15, -0.1) is 0 Å². The number of nitrogens with zero attached hydrogens (tertiary/aromatic N) is 2. The van der Waals surface area contributed by atoms with Crippen LogP contribution in [0.15, 0.2) is 35.3 Å². The van der Waals surface area contributed by atoms with E-state index in [0.717, 1.165) is 6.20 Å². The molecule has 0 amide bonds. The standard InChI is InChI=1S/C13H11ClN2O3.K.H/c1-2-10-12(13(18)19)11(17)7-15-16(10)9-5-3-8(14)4-6-9;;/h3-7H,2H2,1H3,(H,18,19);;/q;+1;-1. The van der Waals surface area contributed by atoms with E-state index < -0.39 is 11.4 Å². The Hall–Kier alpha value is -0.504. The zero-order valence-corrected chi connectivity index (χ0v) is 15.0. The van der Waals surface area contributed by atoms with E-state index in [1.165, 1.54) is 4.68 Å². The predicted molar refractivity (Wildman–Crippen MR) is 72.3 cm³/mol. The first-order chi connectivity index (χ1) is 9.04. The summed E-state index contributed by atoms with van der Waals surface area (Å²) in [6.07, 6.45) is 1.39. The molecule has 0 saturated carbocycles. The van der Waals surface area contributed by atoms with E-state index in [4.69, 9.17) is 16.7 Å². The molecule has 5 nitrogen and oxygen atoms in total. The first-order valence-corrected chi connectivity index (χ1v) is 6.02. The van der Waals surface area contributed by atoms with Gasteiger partial charge in [0.15, 0.2) is 0 Å². The van der Waals surface area contributed by atoms with Crippen molar-refractivity contribution in [3.05, 3.63) is 57.0 Å². The molecule has 1 aromatic heterocycles. The Balaban J connectivity index is 0.00000200. The third kappa shape index (κ3) is 3.57. The van der Waals surface area contributed by atoms with Gasteiger partial charge in [-0.25, -0.2) is 9.48 Å². The maximum Gasteiger partial charge on any atom is 1.00 e. The molecule has 2 aromatic rings. The van der Waals surface area contributed by atoms with Crippen molar-refractivity contribution >= 4 is 17.6 Å². The number of carboxylic acids is 1. The van der Waals surface area contributed by atoms with Gasteiger partial charge in [-0.1, -0.05) is 18.5 Å². The molecule has 0 radical (unpaired) electrons. The average molecular weight is 319 g/mol. The van der Waals surface area contributed by atoms with E-state index in [2.05, 4.69) is 5.10 Å². The number of halogens is 1. The van der Waals surface area contributed by atoms with Gasteiger partial charge in [0.1, 0.15) is 5.56 Å². The van der Waals surface area contributed by atoms with Crippen LogP contribution >= 0.6 is 11.6 Å². The molecule has 0 unspecified atom stereocenters. The molecule has 0 bridgehead atoms. The minimum atomic E-state index is -1.24. The summed E-state index contributed by atoms with van der Waals surface area (Å²) in [6, 6.07) is 6.78. The fourth-order valence-electron chi connectivity index (χ4n) is 1.85. The van der Waals surface area contributed by atoms with Gasteiger partial charge >= 0.3 is 57.4 Å². The normalized spacial score (nSPS) is 9.90. The van der Waals surface area contributed by atoms with Crippen LogP contribution in [0.2, 0.25) is 5.02 Å². The van der Waals surface area contributed by atoms with Crippen molar-refractivity contribution in [3.63, 3.8) is 0 Å². The number of aromatic carboxylic acids is 1. The van der Waals surface area contributed by atoms with E-state index in [1.54, 1.807) is 31.2 Å². The van der Waals surface area contributed by atoms with Crippen molar-refractivity contribution in [2.24, 2.45) is 0 Å². The Morgan fingerprint density at radius 3 is 2.50 bits per heavy atom. The van der Waals surface area contributed by atoms with Crippen LogP contribution in [0.4, 0.5) is 0 Å². The SMILES string of the molecule is CCc1c(C(=O)O)c(=O)cnn1-c1ccc(Cl)cc1.[H-].[K+]. The van der Waals surface area contributed by atoms with E-state index >= 15 is 0 Å². The van der Waals surface area contributed by atoms with Crippen LogP contribution in [0.25, 0.3) is 5.69 Å². The number of carboxylic acid groups (broad SMARTS) is 1. The number of carbonyl (C=O) groups is 1. The molecule has 0 aliphatic heterocycles. The molecule has 0 spiro atoms. The van der Waals surface area contributed by atoms with E-state index in [0.29, 0.717) is 22.8 Å². The van der Waals surface area contributed by atoms with Crippen molar-refractivity contribution in [3.8, 4) is 5.69 Å². The second-order valence-electron chi connectivity index (χ2n) is 3.88. The first kappa shape index (κ1) is 17.5.